The monoisotopic (exact) mass is 269 g/mol. The van der Waals surface area contributed by atoms with Gasteiger partial charge in [0.25, 0.3) is 11.5 Å². The summed E-state index contributed by atoms with van der Waals surface area (Å²) in [5, 5.41) is 8.77. The molecule has 0 unspecified atom stereocenters. The van der Waals surface area contributed by atoms with E-state index in [-0.39, 0.29) is 17.2 Å². The first kappa shape index (κ1) is 12.6. The van der Waals surface area contributed by atoms with Crippen LogP contribution in [0.3, 0.4) is 0 Å². The molecule has 0 atom stereocenters. The van der Waals surface area contributed by atoms with Crippen molar-refractivity contribution in [1.29, 1.82) is 0 Å². The molecule has 1 amide bonds. The molecule has 1 aliphatic carbocycles. The molecule has 0 spiro atoms. The van der Waals surface area contributed by atoms with Gasteiger partial charge in [-0.1, -0.05) is 6.07 Å². The Morgan fingerprint density at radius 3 is 2.65 bits per heavy atom. The Morgan fingerprint density at radius 1 is 1.10 bits per heavy atom. The summed E-state index contributed by atoms with van der Waals surface area (Å²) >= 11 is 0. The SMILES string of the molecule is O=C(Nc1ccc2c(c1)CCCC2)c1ccc(=O)[nH]n1. The molecule has 2 N–H and O–H groups in total. The lowest BCUT2D eigenvalue weighted by atomic mass is 9.91. The van der Waals surface area contributed by atoms with Gasteiger partial charge in [0.05, 0.1) is 0 Å². The maximum absolute atomic E-state index is 12.0. The van der Waals surface area contributed by atoms with Crippen molar-refractivity contribution in [2.75, 3.05) is 5.32 Å². The average molecular weight is 269 g/mol. The average Bonchev–Trinajstić information content (AvgIpc) is 2.48. The van der Waals surface area contributed by atoms with E-state index in [1.54, 1.807) is 0 Å². The van der Waals surface area contributed by atoms with Crippen LogP contribution in [-0.2, 0) is 12.8 Å². The summed E-state index contributed by atoms with van der Waals surface area (Å²) in [6.07, 6.45) is 4.62. The zero-order valence-corrected chi connectivity index (χ0v) is 11.0. The molecule has 0 bridgehead atoms. The molecule has 0 aliphatic heterocycles. The van der Waals surface area contributed by atoms with Crippen molar-refractivity contribution in [2.24, 2.45) is 0 Å². The molecule has 1 aromatic carbocycles. The Labute approximate surface area is 116 Å². The Morgan fingerprint density at radius 2 is 1.90 bits per heavy atom. The second-order valence-electron chi connectivity index (χ2n) is 4.95. The zero-order valence-electron chi connectivity index (χ0n) is 11.0. The number of aryl methyl sites for hydroxylation is 2. The highest BCUT2D eigenvalue weighted by molar-refractivity contribution is 6.02. The minimum atomic E-state index is -0.324. The highest BCUT2D eigenvalue weighted by atomic mass is 16.2. The van der Waals surface area contributed by atoms with Crippen LogP contribution in [0.2, 0.25) is 0 Å². The Balaban J connectivity index is 1.79. The van der Waals surface area contributed by atoms with E-state index in [9.17, 15) is 9.59 Å². The summed E-state index contributed by atoms with van der Waals surface area (Å²) in [6.45, 7) is 0. The fraction of sp³-hybridized carbons (Fsp3) is 0.267. The van der Waals surface area contributed by atoms with Crippen molar-refractivity contribution in [3.63, 3.8) is 0 Å². The van der Waals surface area contributed by atoms with E-state index in [4.69, 9.17) is 0 Å². The summed E-state index contributed by atoms with van der Waals surface area (Å²) < 4.78 is 0. The lowest BCUT2D eigenvalue weighted by molar-refractivity contribution is 0.102. The number of nitrogens with one attached hydrogen (secondary N) is 2. The van der Waals surface area contributed by atoms with Crippen molar-refractivity contribution in [3.05, 3.63) is 57.5 Å². The summed E-state index contributed by atoms with van der Waals surface area (Å²) in [5.41, 5.74) is 3.32. The lowest BCUT2D eigenvalue weighted by Crippen LogP contribution is -2.17. The highest BCUT2D eigenvalue weighted by Gasteiger charge is 2.12. The molecule has 0 saturated carbocycles. The van der Waals surface area contributed by atoms with Crippen molar-refractivity contribution >= 4 is 11.6 Å². The molecule has 1 aromatic heterocycles. The first-order valence-corrected chi connectivity index (χ1v) is 6.71. The third-order valence-electron chi connectivity index (χ3n) is 3.52. The van der Waals surface area contributed by atoms with E-state index in [0.29, 0.717) is 0 Å². The van der Waals surface area contributed by atoms with E-state index >= 15 is 0 Å². The van der Waals surface area contributed by atoms with Crippen LogP contribution in [0.25, 0.3) is 0 Å². The van der Waals surface area contributed by atoms with Crippen LogP contribution in [0, 0.1) is 0 Å². The van der Waals surface area contributed by atoms with Crippen LogP contribution >= 0.6 is 0 Å². The van der Waals surface area contributed by atoms with Gasteiger partial charge in [0.1, 0.15) is 5.69 Å². The fourth-order valence-corrected chi connectivity index (χ4v) is 2.48. The quantitative estimate of drug-likeness (QED) is 0.874. The van der Waals surface area contributed by atoms with E-state index in [0.717, 1.165) is 18.5 Å². The molecule has 2 aromatic rings. The summed E-state index contributed by atoms with van der Waals surface area (Å²) in [6, 6.07) is 8.71. The van der Waals surface area contributed by atoms with Crippen molar-refractivity contribution < 1.29 is 4.79 Å². The number of hydrogen-bond donors (Lipinski definition) is 2. The van der Waals surface area contributed by atoms with Crippen molar-refractivity contribution in [3.8, 4) is 0 Å². The second kappa shape index (κ2) is 5.28. The largest absolute Gasteiger partial charge is 0.321 e. The third kappa shape index (κ3) is 2.61. The second-order valence-corrected chi connectivity index (χ2v) is 4.95. The van der Waals surface area contributed by atoms with Crippen LogP contribution in [0.4, 0.5) is 5.69 Å². The van der Waals surface area contributed by atoms with Crippen LogP contribution in [0.5, 0.6) is 0 Å². The molecule has 102 valence electrons. The first-order chi connectivity index (χ1) is 9.72. The van der Waals surface area contributed by atoms with Gasteiger partial charge >= 0.3 is 0 Å². The fourth-order valence-electron chi connectivity index (χ4n) is 2.48. The van der Waals surface area contributed by atoms with Crippen LogP contribution < -0.4 is 10.9 Å². The van der Waals surface area contributed by atoms with Gasteiger partial charge < -0.3 is 5.32 Å². The molecular formula is C15H15N3O2. The number of aromatic nitrogens is 2. The van der Waals surface area contributed by atoms with Crippen molar-refractivity contribution in [2.45, 2.75) is 25.7 Å². The number of carbonyl (C=O) groups excluding carboxylic acids is 1. The highest BCUT2D eigenvalue weighted by Crippen LogP contribution is 2.24. The Kier molecular flexibility index (Phi) is 3.33. The first-order valence-electron chi connectivity index (χ1n) is 6.71. The van der Waals surface area contributed by atoms with Crippen LogP contribution in [-0.4, -0.2) is 16.1 Å². The molecule has 0 radical (unpaired) electrons. The number of carbonyl (C=O) groups is 1. The zero-order chi connectivity index (χ0) is 13.9. The number of benzene rings is 1. The normalized spacial score (nSPS) is 13.6. The molecule has 0 saturated heterocycles. The van der Waals surface area contributed by atoms with E-state index in [2.05, 4.69) is 21.6 Å². The Hall–Kier alpha value is -2.43. The van der Waals surface area contributed by atoms with Crippen LogP contribution in [0.15, 0.2) is 35.1 Å². The maximum Gasteiger partial charge on any atom is 0.276 e. The maximum atomic E-state index is 12.0. The number of aromatic amines is 1. The molecule has 1 aliphatic rings. The van der Waals surface area contributed by atoms with E-state index in [1.165, 1.54) is 36.1 Å². The van der Waals surface area contributed by atoms with Gasteiger partial charge in [-0.05, 0) is 55.0 Å². The van der Waals surface area contributed by atoms with Gasteiger partial charge in [-0.2, -0.15) is 5.10 Å². The summed E-state index contributed by atoms with van der Waals surface area (Å²) in [5.74, 6) is -0.322. The molecule has 20 heavy (non-hydrogen) atoms. The van der Waals surface area contributed by atoms with Gasteiger partial charge in [-0.3, -0.25) is 9.59 Å². The van der Waals surface area contributed by atoms with Gasteiger partial charge in [-0.25, -0.2) is 5.10 Å². The lowest BCUT2D eigenvalue weighted by Gasteiger charge is -2.16. The third-order valence-corrected chi connectivity index (χ3v) is 3.52. The molecule has 5 nitrogen and oxygen atoms in total. The standard InChI is InChI=1S/C15H15N3O2/c19-14-8-7-13(17-18-14)15(20)16-12-6-5-10-3-1-2-4-11(10)9-12/h5-9H,1-4H2,(H,16,20)(H,18,19). The van der Waals surface area contributed by atoms with Gasteiger partial charge in [0.15, 0.2) is 0 Å². The van der Waals surface area contributed by atoms with Gasteiger partial charge in [0.2, 0.25) is 0 Å². The number of amides is 1. The summed E-state index contributed by atoms with van der Waals surface area (Å²) in [4.78, 5) is 22.9. The van der Waals surface area contributed by atoms with Gasteiger partial charge in [0, 0.05) is 11.8 Å². The molecule has 3 rings (SSSR count). The number of anilines is 1. The number of hydrogen-bond acceptors (Lipinski definition) is 3. The predicted octanol–water partition coefficient (Wildman–Crippen LogP) is 1.90. The number of fused-ring (bicyclic) bond motifs is 1. The van der Waals surface area contributed by atoms with Crippen molar-refractivity contribution in [1.82, 2.24) is 10.2 Å². The smallest absolute Gasteiger partial charge is 0.276 e. The molecule has 0 fully saturated rings. The number of rotatable bonds is 2. The Bertz CT molecular complexity index is 686. The summed E-state index contributed by atoms with van der Waals surface area (Å²) in [7, 11) is 0. The number of H-pyrrole nitrogens is 1. The predicted molar refractivity (Wildman–Crippen MR) is 75.9 cm³/mol. The molecular weight excluding hydrogens is 254 g/mol. The van der Waals surface area contributed by atoms with Gasteiger partial charge in [-0.15, -0.1) is 0 Å². The number of nitrogens with zero attached hydrogens (tertiary/aromatic N) is 1. The van der Waals surface area contributed by atoms with Crippen LogP contribution in [0.1, 0.15) is 34.5 Å². The minimum absolute atomic E-state index is 0.197. The molecule has 1 heterocycles. The molecule has 5 heteroatoms. The van der Waals surface area contributed by atoms with E-state index in [1.807, 2.05) is 12.1 Å². The topological polar surface area (TPSA) is 74.8 Å². The minimum Gasteiger partial charge on any atom is -0.321 e. The van der Waals surface area contributed by atoms with E-state index < -0.39 is 0 Å².